The number of fused-ring (bicyclic) bond motifs is 3. The summed E-state index contributed by atoms with van der Waals surface area (Å²) in [5.41, 5.74) is 0. The van der Waals surface area contributed by atoms with E-state index < -0.39 is 0 Å². The maximum absolute atomic E-state index is 2.14. The average molecular weight is 162 g/mol. The summed E-state index contributed by atoms with van der Waals surface area (Å²) < 4.78 is 0.903. The molecule has 0 aromatic heterocycles. The molecule has 3 rings (SSSR count). The van der Waals surface area contributed by atoms with Gasteiger partial charge in [0.05, 0.1) is 0 Å². The van der Waals surface area contributed by atoms with Gasteiger partial charge in [-0.05, 0) is 23.2 Å². The zero-order valence-electron chi connectivity index (χ0n) is 4.50. The lowest BCUT2D eigenvalue weighted by Crippen LogP contribution is -2.27. The van der Waals surface area contributed by atoms with E-state index in [2.05, 4.69) is 34.8 Å². The summed E-state index contributed by atoms with van der Waals surface area (Å²) in [4.78, 5) is 0. The quantitative estimate of drug-likeness (QED) is 0.498. The summed E-state index contributed by atoms with van der Waals surface area (Å²) in [7, 11) is 0. The zero-order valence-corrected chi connectivity index (χ0v) is 6.95. The molecule has 0 aromatic rings. The first-order chi connectivity index (χ1) is 3.95. The number of rotatable bonds is 0. The van der Waals surface area contributed by atoms with Crippen LogP contribution in [0, 0.1) is 5.92 Å². The Morgan fingerprint density at radius 3 is 1.62 bits per heavy atom. The van der Waals surface area contributed by atoms with Gasteiger partial charge in [0.2, 0.25) is 0 Å². The summed E-state index contributed by atoms with van der Waals surface area (Å²) >= 11 is 6.42. The molecule has 44 valence electrons. The summed E-state index contributed by atoms with van der Waals surface area (Å²) in [6, 6.07) is 0. The first kappa shape index (κ1) is 5.87. The Morgan fingerprint density at radius 1 is 1.00 bits per heavy atom. The van der Waals surface area contributed by atoms with E-state index in [1.165, 1.54) is 17.3 Å². The molecule has 0 aliphatic carbocycles. The van der Waals surface area contributed by atoms with Gasteiger partial charge < -0.3 is 0 Å². The van der Waals surface area contributed by atoms with Crippen molar-refractivity contribution in [2.75, 3.05) is 17.3 Å². The lowest BCUT2D eigenvalue weighted by Gasteiger charge is -2.31. The highest BCUT2D eigenvalue weighted by molar-refractivity contribution is 8.77. The van der Waals surface area contributed by atoms with Crippen molar-refractivity contribution in [1.82, 2.24) is 0 Å². The van der Waals surface area contributed by atoms with Gasteiger partial charge in [-0.3, -0.25) is 0 Å². The van der Waals surface area contributed by atoms with Crippen LogP contribution in [0.15, 0.2) is 0 Å². The number of hydrogen-bond acceptors (Lipinski definition) is 3. The molecule has 3 heterocycles. The van der Waals surface area contributed by atoms with E-state index in [9.17, 15) is 0 Å². The highest BCUT2D eigenvalue weighted by Gasteiger charge is 2.31. The van der Waals surface area contributed by atoms with Crippen molar-refractivity contribution < 1.29 is 0 Å². The highest BCUT2D eigenvalue weighted by atomic mass is 32.3. The Morgan fingerprint density at radius 2 is 1.50 bits per heavy atom. The van der Waals surface area contributed by atoms with Crippen LogP contribution in [-0.2, 0) is 0 Å². The van der Waals surface area contributed by atoms with Crippen molar-refractivity contribution in [1.29, 1.82) is 0 Å². The molecular formula is C4H7BS3. The standard InChI is InChI=1S/C4H7BS3/c1-4-2-7-5(6-1)8-3-4/h4H,1-3H2. The second-order valence-electron chi connectivity index (χ2n) is 2.15. The van der Waals surface area contributed by atoms with Gasteiger partial charge >= 0.3 is 4.55 Å². The van der Waals surface area contributed by atoms with Crippen LogP contribution < -0.4 is 0 Å². The third kappa shape index (κ3) is 1.02. The molecule has 0 unspecified atom stereocenters. The Hall–Kier alpha value is 1.11. The molecule has 0 aromatic carbocycles. The van der Waals surface area contributed by atoms with E-state index in [1.807, 2.05) is 0 Å². The first-order valence-electron chi connectivity index (χ1n) is 2.80. The van der Waals surface area contributed by atoms with E-state index >= 15 is 0 Å². The molecule has 3 aliphatic rings. The van der Waals surface area contributed by atoms with Gasteiger partial charge in [0, 0.05) is 0 Å². The predicted octanol–water partition coefficient (Wildman–Crippen LogP) is 1.81. The summed E-state index contributed by atoms with van der Waals surface area (Å²) in [5.74, 6) is 5.35. The highest BCUT2D eigenvalue weighted by Crippen LogP contribution is 2.43. The van der Waals surface area contributed by atoms with Crippen molar-refractivity contribution in [2.45, 2.75) is 0 Å². The second kappa shape index (κ2) is 2.39. The van der Waals surface area contributed by atoms with Gasteiger partial charge in [-0.15, -0.1) is 0 Å². The first-order valence-corrected chi connectivity index (χ1v) is 5.94. The van der Waals surface area contributed by atoms with Crippen molar-refractivity contribution in [3.05, 3.63) is 0 Å². The van der Waals surface area contributed by atoms with Crippen molar-refractivity contribution in [3.8, 4) is 0 Å². The van der Waals surface area contributed by atoms with E-state index in [0.717, 1.165) is 10.5 Å². The number of hydrogen-bond donors (Lipinski definition) is 0. The molecule has 3 saturated heterocycles. The third-order valence-corrected chi connectivity index (χ3v) is 6.66. The molecule has 3 fully saturated rings. The van der Waals surface area contributed by atoms with Gasteiger partial charge in [-0.2, -0.15) is 34.8 Å². The Labute approximate surface area is 62.7 Å². The van der Waals surface area contributed by atoms with Crippen LogP contribution in [0.3, 0.4) is 0 Å². The van der Waals surface area contributed by atoms with E-state index in [0.29, 0.717) is 0 Å². The van der Waals surface area contributed by atoms with Crippen LogP contribution in [-0.4, -0.2) is 21.8 Å². The fraction of sp³-hybridized carbons (Fsp3) is 1.00. The minimum atomic E-state index is 0.903. The van der Waals surface area contributed by atoms with Gasteiger partial charge in [-0.1, -0.05) is 0 Å². The van der Waals surface area contributed by atoms with E-state index in [-0.39, 0.29) is 0 Å². The molecule has 0 amide bonds. The molecule has 8 heavy (non-hydrogen) atoms. The van der Waals surface area contributed by atoms with Crippen LogP contribution in [0.2, 0.25) is 0 Å². The lowest BCUT2D eigenvalue weighted by molar-refractivity contribution is 0.780. The second-order valence-corrected chi connectivity index (χ2v) is 6.46. The van der Waals surface area contributed by atoms with E-state index in [1.54, 1.807) is 0 Å². The molecule has 0 spiro atoms. The Bertz CT molecular complexity index is 66.3. The van der Waals surface area contributed by atoms with Crippen LogP contribution in [0.1, 0.15) is 0 Å². The molecule has 3 aliphatic heterocycles. The van der Waals surface area contributed by atoms with Crippen LogP contribution >= 0.6 is 34.8 Å². The third-order valence-electron chi connectivity index (χ3n) is 1.40. The van der Waals surface area contributed by atoms with Gasteiger partial charge in [-0.25, -0.2) is 0 Å². The Balaban J connectivity index is 2.03. The van der Waals surface area contributed by atoms with Crippen LogP contribution in [0.25, 0.3) is 0 Å². The van der Waals surface area contributed by atoms with Crippen molar-refractivity contribution in [3.63, 3.8) is 0 Å². The normalized spacial score (nSPS) is 29.2. The maximum Gasteiger partial charge on any atom is 0.341 e. The van der Waals surface area contributed by atoms with Crippen molar-refractivity contribution in [2.24, 2.45) is 5.92 Å². The maximum atomic E-state index is 2.14. The van der Waals surface area contributed by atoms with E-state index in [4.69, 9.17) is 0 Å². The van der Waals surface area contributed by atoms with Gasteiger partial charge in [0.15, 0.2) is 0 Å². The monoisotopic (exact) mass is 162 g/mol. The van der Waals surface area contributed by atoms with Gasteiger partial charge in [0.25, 0.3) is 0 Å². The van der Waals surface area contributed by atoms with Crippen LogP contribution in [0.5, 0.6) is 0 Å². The van der Waals surface area contributed by atoms with Gasteiger partial charge in [0.1, 0.15) is 0 Å². The molecule has 0 radical (unpaired) electrons. The molecule has 0 N–H and O–H groups in total. The minimum Gasteiger partial charge on any atom is -0.183 e. The molecule has 0 nitrogen and oxygen atoms in total. The Kier molecular flexibility index (Phi) is 1.75. The largest absolute Gasteiger partial charge is 0.341 e. The molecule has 4 heteroatoms. The van der Waals surface area contributed by atoms with Crippen LogP contribution in [0.4, 0.5) is 0 Å². The summed E-state index contributed by atoms with van der Waals surface area (Å²) in [5, 5.41) is 0. The average Bonchev–Trinajstić information content (AvgIpc) is 1.92. The topological polar surface area (TPSA) is 0 Å². The summed E-state index contributed by atoms with van der Waals surface area (Å²) in [6.45, 7) is 0. The fourth-order valence-corrected chi connectivity index (χ4v) is 5.94. The zero-order chi connectivity index (χ0) is 5.40. The molecular weight excluding hydrogens is 155 g/mol. The molecule has 0 saturated carbocycles. The molecule has 2 bridgehead atoms. The molecule has 0 atom stereocenters. The predicted molar refractivity (Wildman–Crippen MR) is 46.6 cm³/mol. The van der Waals surface area contributed by atoms with Crippen molar-refractivity contribution >= 4 is 39.4 Å². The minimum absolute atomic E-state index is 0.903. The SMILES string of the molecule is C1SB2SCC1CS2. The smallest absolute Gasteiger partial charge is 0.183 e. The summed E-state index contributed by atoms with van der Waals surface area (Å²) in [6.07, 6.45) is 0. The lowest BCUT2D eigenvalue weighted by atomic mass is 10.2. The fourth-order valence-electron chi connectivity index (χ4n) is 0.933.